The second kappa shape index (κ2) is 12.8. The van der Waals surface area contributed by atoms with Gasteiger partial charge in [-0.05, 0) is 53.9 Å². The summed E-state index contributed by atoms with van der Waals surface area (Å²) in [6.07, 6.45) is 4.98. The quantitative estimate of drug-likeness (QED) is 0.110. The molecule has 0 bridgehead atoms. The maximum atomic E-state index is 13.1. The van der Waals surface area contributed by atoms with Crippen molar-refractivity contribution < 1.29 is 39.9 Å². The van der Waals surface area contributed by atoms with Crippen LogP contribution in [0.4, 0.5) is 0 Å². The van der Waals surface area contributed by atoms with Crippen LogP contribution in [0.2, 0.25) is 0 Å². The zero-order chi connectivity index (χ0) is 31.6. The monoisotopic (exact) mass is 568 g/mol. The van der Waals surface area contributed by atoms with Crippen molar-refractivity contribution in [2.45, 2.75) is 88.0 Å². The van der Waals surface area contributed by atoms with Gasteiger partial charge in [0.05, 0.1) is 5.41 Å². The number of rotatable bonds is 11. The van der Waals surface area contributed by atoms with Crippen molar-refractivity contribution in [3.05, 3.63) is 62.7 Å². The Morgan fingerprint density at radius 1 is 0.805 bits per heavy atom. The number of aliphatic hydroxyl groups excluding tert-OH is 2. The van der Waals surface area contributed by atoms with Gasteiger partial charge >= 0.3 is 0 Å². The molecule has 0 amide bonds. The molecule has 1 aliphatic rings. The first-order valence-electron chi connectivity index (χ1n) is 13.9. The van der Waals surface area contributed by atoms with Gasteiger partial charge in [0.25, 0.3) is 0 Å². The van der Waals surface area contributed by atoms with Gasteiger partial charge in [0.2, 0.25) is 0 Å². The van der Waals surface area contributed by atoms with Gasteiger partial charge in [-0.2, -0.15) is 0 Å². The van der Waals surface area contributed by atoms with Crippen LogP contribution in [0.5, 0.6) is 17.2 Å². The average molecular weight is 569 g/mol. The fourth-order valence-electron chi connectivity index (χ4n) is 4.70. The Bertz CT molecular complexity index is 1380. The average Bonchev–Trinajstić information content (AvgIpc) is 2.86. The predicted molar refractivity (Wildman–Crippen MR) is 158 cm³/mol. The minimum Gasteiger partial charge on any atom is -0.511 e. The molecule has 8 heteroatoms. The molecule has 8 nitrogen and oxygen atoms in total. The number of carbonyl (C=O) groups is 3. The largest absolute Gasteiger partial charge is 0.511 e. The molecule has 1 aliphatic carbocycles. The van der Waals surface area contributed by atoms with Gasteiger partial charge in [0, 0.05) is 35.0 Å². The third-order valence-corrected chi connectivity index (χ3v) is 7.45. The van der Waals surface area contributed by atoms with E-state index >= 15 is 0 Å². The zero-order valence-electron chi connectivity index (χ0n) is 25.6. The molecule has 224 valence electrons. The fraction of sp³-hybridized carbons (Fsp3) is 0.485. The number of ketones is 3. The first kappa shape index (κ1) is 33.4. The van der Waals surface area contributed by atoms with Crippen molar-refractivity contribution in [3.63, 3.8) is 0 Å². The standard InChI is InChI=1S/C33H44O8/c1-16(2)11-10-12-19(7)13-14-20-27(36)21(29(38)23(28(20)37)25(34)17(3)4)15-22-30(39)24(26(35)18(5)6)32(41)33(8,9)31(22)40/h11,13,17-18,36-40H,10,12,14-15H2,1-9H3/b19-13+. The number of hydrogen-bond donors (Lipinski definition) is 5. The highest BCUT2D eigenvalue weighted by molar-refractivity contribution is 6.24. The van der Waals surface area contributed by atoms with Crippen LogP contribution in [-0.4, -0.2) is 42.9 Å². The SMILES string of the molecule is CC(C)=CCC/C(C)=C/Cc1c(O)c(CC2=C(O)C(C)(C)C(=O)C(C(=O)C(C)C)=C2O)c(O)c(C(=O)C(C)C)c1O. The van der Waals surface area contributed by atoms with E-state index in [1.54, 1.807) is 27.7 Å². The summed E-state index contributed by atoms with van der Waals surface area (Å²) < 4.78 is 0. The lowest BCUT2D eigenvalue weighted by molar-refractivity contribution is -0.128. The second-order valence-corrected chi connectivity index (χ2v) is 12.2. The van der Waals surface area contributed by atoms with Crippen molar-refractivity contribution in [1.29, 1.82) is 0 Å². The van der Waals surface area contributed by atoms with Gasteiger partial charge < -0.3 is 25.5 Å². The van der Waals surface area contributed by atoms with Crippen LogP contribution in [0.3, 0.4) is 0 Å². The van der Waals surface area contributed by atoms with Crippen molar-refractivity contribution in [2.24, 2.45) is 17.3 Å². The molecule has 1 aromatic rings. The van der Waals surface area contributed by atoms with E-state index in [2.05, 4.69) is 6.08 Å². The molecule has 0 aromatic heterocycles. The Morgan fingerprint density at radius 2 is 1.34 bits per heavy atom. The smallest absolute Gasteiger partial charge is 0.183 e. The van der Waals surface area contributed by atoms with Gasteiger partial charge in [-0.3, -0.25) is 14.4 Å². The van der Waals surface area contributed by atoms with Crippen LogP contribution in [0.25, 0.3) is 0 Å². The van der Waals surface area contributed by atoms with Gasteiger partial charge in [0.15, 0.2) is 17.3 Å². The second-order valence-electron chi connectivity index (χ2n) is 12.2. The molecule has 0 saturated heterocycles. The van der Waals surface area contributed by atoms with E-state index in [4.69, 9.17) is 0 Å². The molecule has 0 aliphatic heterocycles. The molecule has 2 rings (SSSR count). The molecule has 0 heterocycles. The molecule has 41 heavy (non-hydrogen) atoms. The van der Waals surface area contributed by atoms with Gasteiger partial charge in [-0.1, -0.05) is 51.0 Å². The van der Waals surface area contributed by atoms with E-state index in [-0.39, 0.29) is 28.7 Å². The molecule has 0 radical (unpaired) electrons. The lowest BCUT2D eigenvalue weighted by atomic mass is 9.72. The lowest BCUT2D eigenvalue weighted by Crippen LogP contribution is -2.37. The molecule has 0 unspecified atom stereocenters. The molecule has 0 fully saturated rings. The number of benzene rings is 1. The highest BCUT2D eigenvalue weighted by Crippen LogP contribution is 2.47. The minimum absolute atomic E-state index is 0.00319. The molecule has 5 N–H and O–H groups in total. The molecular formula is C33H44O8. The summed E-state index contributed by atoms with van der Waals surface area (Å²) in [6, 6.07) is 0. The van der Waals surface area contributed by atoms with Crippen molar-refractivity contribution in [3.8, 4) is 17.2 Å². The molecule has 1 aromatic carbocycles. The molecular weight excluding hydrogens is 524 g/mol. The normalized spacial score (nSPS) is 15.7. The summed E-state index contributed by atoms with van der Waals surface area (Å²) in [5.41, 5.74) is -0.725. The van der Waals surface area contributed by atoms with Crippen LogP contribution in [0.15, 0.2) is 46.0 Å². The van der Waals surface area contributed by atoms with E-state index in [1.165, 1.54) is 19.4 Å². The van der Waals surface area contributed by atoms with E-state index in [0.717, 1.165) is 18.4 Å². The molecule has 0 saturated carbocycles. The van der Waals surface area contributed by atoms with Crippen molar-refractivity contribution in [2.75, 3.05) is 0 Å². The van der Waals surface area contributed by atoms with Gasteiger partial charge in [-0.15, -0.1) is 0 Å². The minimum atomic E-state index is -1.58. The van der Waals surface area contributed by atoms with Crippen molar-refractivity contribution in [1.82, 2.24) is 0 Å². The number of phenolic OH excluding ortho intramolecular Hbond substituents is 3. The summed E-state index contributed by atoms with van der Waals surface area (Å²) in [5, 5.41) is 55.7. The Hall–Kier alpha value is -3.81. The van der Waals surface area contributed by atoms with Crippen LogP contribution in [0.1, 0.15) is 96.6 Å². The molecule has 0 spiro atoms. The van der Waals surface area contributed by atoms with E-state index in [0.29, 0.717) is 0 Å². The Morgan fingerprint density at radius 3 is 1.85 bits per heavy atom. The fourth-order valence-corrected chi connectivity index (χ4v) is 4.70. The number of phenols is 3. The van der Waals surface area contributed by atoms with Gasteiger partial charge in [0.1, 0.15) is 39.9 Å². The third kappa shape index (κ3) is 6.75. The summed E-state index contributed by atoms with van der Waals surface area (Å²) in [7, 11) is 0. The van der Waals surface area contributed by atoms with E-state index < -0.39 is 75.4 Å². The lowest BCUT2D eigenvalue weighted by Gasteiger charge is -2.31. The predicted octanol–water partition coefficient (Wildman–Crippen LogP) is 6.88. The number of allylic oxidation sites excluding steroid dienone is 7. The highest BCUT2D eigenvalue weighted by Gasteiger charge is 2.46. The number of aliphatic hydroxyl groups is 2. The van der Waals surface area contributed by atoms with Crippen LogP contribution in [0, 0.1) is 17.3 Å². The van der Waals surface area contributed by atoms with Crippen LogP contribution in [-0.2, 0) is 22.4 Å². The number of carbonyl (C=O) groups excluding carboxylic acids is 3. The molecule has 0 atom stereocenters. The van der Waals surface area contributed by atoms with E-state index in [1.807, 2.05) is 26.8 Å². The van der Waals surface area contributed by atoms with Crippen LogP contribution >= 0.6 is 0 Å². The number of Topliss-reactive ketones (excluding diaryl/α,β-unsaturated/α-hetero) is 3. The van der Waals surface area contributed by atoms with Crippen molar-refractivity contribution >= 4 is 17.3 Å². The summed E-state index contributed by atoms with van der Waals surface area (Å²) >= 11 is 0. The highest BCUT2D eigenvalue weighted by atomic mass is 16.3. The van der Waals surface area contributed by atoms with E-state index in [9.17, 15) is 39.9 Å². The zero-order valence-corrected chi connectivity index (χ0v) is 25.6. The number of aromatic hydroxyl groups is 3. The maximum absolute atomic E-state index is 13.1. The Kier molecular flexibility index (Phi) is 10.4. The summed E-state index contributed by atoms with van der Waals surface area (Å²) in [4.78, 5) is 39.1. The summed E-state index contributed by atoms with van der Waals surface area (Å²) in [6.45, 7) is 15.1. The van der Waals surface area contributed by atoms with Crippen LogP contribution < -0.4 is 0 Å². The maximum Gasteiger partial charge on any atom is 0.183 e. The Balaban J connectivity index is 2.80. The topological polar surface area (TPSA) is 152 Å². The first-order chi connectivity index (χ1) is 18.9. The summed E-state index contributed by atoms with van der Waals surface area (Å²) in [5.74, 6) is -6.22. The number of hydrogen-bond acceptors (Lipinski definition) is 8. The first-order valence-corrected chi connectivity index (χ1v) is 13.9. The van der Waals surface area contributed by atoms with Gasteiger partial charge in [-0.25, -0.2) is 0 Å². The third-order valence-electron chi connectivity index (χ3n) is 7.45. The Labute approximate surface area is 242 Å².